The number of fused-ring (bicyclic) bond motifs is 1. The second-order valence-corrected chi connectivity index (χ2v) is 6.25. The summed E-state index contributed by atoms with van der Waals surface area (Å²) in [6.45, 7) is 6.81. The van der Waals surface area contributed by atoms with Crippen molar-refractivity contribution in [3.05, 3.63) is 41.2 Å². The number of hydrogen-bond acceptors (Lipinski definition) is 3. The van der Waals surface area contributed by atoms with Gasteiger partial charge in [0.25, 0.3) is 0 Å². The van der Waals surface area contributed by atoms with E-state index in [0.29, 0.717) is 12.6 Å². The predicted molar refractivity (Wildman–Crippen MR) is 94.4 cm³/mol. The Morgan fingerprint density at radius 1 is 1.46 bits per heavy atom. The van der Waals surface area contributed by atoms with Gasteiger partial charge in [0.1, 0.15) is 0 Å². The van der Waals surface area contributed by atoms with Gasteiger partial charge in [-0.3, -0.25) is 9.58 Å². The smallest absolute Gasteiger partial charge is 0.326 e. The maximum atomic E-state index is 12.7. The van der Waals surface area contributed by atoms with Crippen LogP contribution in [0.1, 0.15) is 43.1 Å². The summed E-state index contributed by atoms with van der Waals surface area (Å²) >= 11 is 0. The van der Waals surface area contributed by atoms with Crippen LogP contribution in [-0.4, -0.2) is 27.5 Å². The maximum Gasteiger partial charge on any atom is 0.326 e. The molecule has 6 heteroatoms. The number of carbonyl (C=O) groups excluding carboxylic acids is 1. The molecule has 2 N–H and O–H groups in total. The van der Waals surface area contributed by atoms with E-state index in [4.69, 9.17) is 0 Å². The highest BCUT2D eigenvalue weighted by Gasteiger charge is 2.27. The first-order valence-electron chi connectivity index (χ1n) is 8.41. The molecule has 0 spiro atoms. The van der Waals surface area contributed by atoms with Gasteiger partial charge in [-0.05, 0) is 43.9 Å². The summed E-state index contributed by atoms with van der Waals surface area (Å²) in [6.07, 6.45) is 3.46. The molecule has 0 aliphatic carbocycles. The number of rotatable bonds is 4. The highest BCUT2D eigenvalue weighted by Crippen LogP contribution is 2.31. The number of amides is 2. The SMILES string of the molecule is CCC(C)n1ncc(NC(=O)N2CCc3c(CO)cccc32)c1C. The normalized spacial score (nSPS) is 14.6. The van der Waals surface area contributed by atoms with E-state index in [2.05, 4.69) is 24.3 Å². The van der Waals surface area contributed by atoms with Crippen LogP contribution >= 0.6 is 0 Å². The highest BCUT2D eigenvalue weighted by molar-refractivity contribution is 6.03. The second-order valence-electron chi connectivity index (χ2n) is 6.25. The standard InChI is InChI=1S/C18H24N4O2/c1-4-12(2)22-13(3)16(10-19-22)20-18(24)21-9-8-15-14(11-23)6-5-7-17(15)21/h5-7,10,12,23H,4,8-9,11H2,1-3H3,(H,20,24). The molecule has 24 heavy (non-hydrogen) atoms. The fourth-order valence-electron chi connectivity index (χ4n) is 3.21. The molecule has 0 radical (unpaired) electrons. The van der Waals surface area contributed by atoms with Gasteiger partial charge in [0.15, 0.2) is 0 Å². The van der Waals surface area contributed by atoms with Crippen molar-refractivity contribution in [2.75, 3.05) is 16.8 Å². The molecule has 3 rings (SSSR count). The third kappa shape index (κ3) is 2.78. The van der Waals surface area contributed by atoms with Crippen molar-refractivity contribution < 1.29 is 9.90 Å². The van der Waals surface area contributed by atoms with Crippen LogP contribution in [0.5, 0.6) is 0 Å². The zero-order chi connectivity index (χ0) is 17.3. The van der Waals surface area contributed by atoms with E-state index < -0.39 is 0 Å². The highest BCUT2D eigenvalue weighted by atomic mass is 16.3. The minimum Gasteiger partial charge on any atom is -0.392 e. The molecule has 1 aliphatic heterocycles. The lowest BCUT2D eigenvalue weighted by atomic mass is 10.1. The number of benzene rings is 1. The van der Waals surface area contributed by atoms with Crippen molar-refractivity contribution in [3.63, 3.8) is 0 Å². The Hall–Kier alpha value is -2.34. The molecule has 2 aromatic rings. The molecule has 1 atom stereocenters. The lowest BCUT2D eigenvalue weighted by Gasteiger charge is -2.18. The van der Waals surface area contributed by atoms with Gasteiger partial charge in [-0.25, -0.2) is 4.79 Å². The van der Waals surface area contributed by atoms with Crippen molar-refractivity contribution in [2.24, 2.45) is 0 Å². The lowest BCUT2D eigenvalue weighted by Crippen LogP contribution is -2.33. The molecule has 2 heterocycles. The number of urea groups is 1. The molecule has 0 saturated carbocycles. The molecule has 2 amide bonds. The van der Waals surface area contributed by atoms with Gasteiger partial charge < -0.3 is 10.4 Å². The Kier molecular flexibility index (Phi) is 4.57. The third-order valence-electron chi connectivity index (χ3n) is 4.83. The molecule has 1 aromatic heterocycles. The summed E-state index contributed by atoms with van der Waals surface area (Å²) in [5.74, 6) is 0. The van der Waals surface area contributed by atoms with Crippen molar-refractivity contribution in [3.8, 4) is 0 Å². The summed E-state index contributed by atoms with van der Waals surface area (Å²) in [6, 6.07) is 5.85. The fourth-order valence-corrected chi connectivity index (χ4v) is 3.21. The number of aromatic nitrogens is 2. The van der Waals surface area contributed by atoms with E-state index in [0.717, 1.165) is 41.0 Å². The van der Waals surface area contributed by atoms with E-state index in [1.54, 1.807) is 11.1 Å². The topological polar surface area (TPSA) is 70.4 Å². The van der Waals surface area contributed by atoms with Crippen LogP contribution in [0.2, 0.25) is 0 Å². The Bertz CT molecular complexity index is 753. The van der Waals surface area contributed by atoms with E-state index in [-0.39, 0.29) is 12.6 Å². The summed E-state index contributed by atoms with van der Waals surface area (Å²) < 4.78 is 1.94. The zero-order valence-corrected chi connectivity index (χ0v) is 14.4. The van der Waals surface area contributed by atoms with Crippen molar-refractivity contribution >= 4 is 17.4 Å². The third-order valence-corrected chi connectivity index (χ3v) is 4.83. The molecular formula is C18H24N4O2. The van der Waals surface area contributed by atoms with Crippen LogP contribution in [0.25, 0.3) is 0 Å². The first kappa shape index (κ1) is 16.5. The minimum absolute atomic E-state index is 0.000578. The average molecular weight is 328 g/mol. The summed E-state index contributed by atoms with van der Waals surface area (Å²) in [5, 5.41) is 16.8. The Morgan fingerprint density at radius 3 is 2.96 bits per heavy atom. The average Bonchev–Trinajstić information content (AvgIpc) is 3.18. The first-order valence-corrected chi connectivity index (χ1v) is 8.41. The molecule has 1 unspecified atom stereocenters. The van der Waals surface area contributed by atoms with E-state index >= 15 is 0 Å². The van der Waals surface area contributed by atoms with Gasteiger partial charge in [-0.2, -0.15) is 5.10 Å². The Labute approximate surface area is 142 Å². The van der Waals surface area contributed by atoms with E-state index in [1.807, 2.05) is 29.8 Å². The molecule has 128 valence electrons. The number of aliphatic hydroxyl groups is 1. The van der Waals surface area contributed by atoms with Crippen LogP contribution in [-0.2, 0) is 13.0 Å². The van der Waals surface area contributed by atoms with Crippen molar-refractivity contribution in [1.82, 2.24) is 9.78 Å². The van der Waals surface area contributed by atoms with E-state index in [1.165, 1.54) is 0 Å². The van der Waals surface area contributed by atoms with Gasteiger partial charge in [-0.1, -0.05) is 19.1 Å². The van der Waals surface area contributed by atoms with Crippen molar-refractivity contribution in [1.29, 1.82) is 0 Å². The molecule has 0 fully saturated rings. The lowest BCUT2D eigenvalue weighted by molar-refractivity contribution is 0.257. The van der Waals surface area contributed by atoms with Crippen molar-refractivity contribution in [2.45, 2.75) is 46.3 Å². The Balaban J connectivity index is 1.80. The van der Waals surface area contributed by atoms with Crippen LogP contribution in [0.15, 0.2) is 24.4 Å². The maximum absolute atomic E-state index is 12.7. The van der Waals surface area contributed by atoms with Crippen LogP contribution in [0.4, 0.5) is 16.2 Å². The molecule has 6 nitrogen and oxygen atoms in total. The van der Waals surface area contributed by atoms with Crippen LogP contribution in [0, 0.1) is 6.92 Å². The molecule has 1 aromatic carbocycles. The monoisotopic (exact) mass is 328 g/mol. The van der Waals surface area contributed by atoms with Crippen LogP contribution in [0.3, 0.4) is 0 Å². The fraction of sp³-hybridized carbons (Fsp3) is 0.444. The number of hydrogen-bond donors (Lipinski definition) is 2. The summed E-state index contributed by atoms with van der Waals surface area (Å²) in [4.78, 5) is 14.4. The Morgan fingerprint density at radius 2 is 2.25 bits per heavy atom. The molecular weight excluding hydrogens is 304 g/mol. The minimum atomic E-state index is -0.157. The van der Waals surface area contributed by atoms with Gasteiger partial charge >= 0.3 is 6.03 Å². The molecule has 0 bridgehead atoms. The predicted octanol–water partition coefficient (Wildman–Crippen LogP) is 3.25. The largest absolute Gasteiger partial charge is 0.392 e. The number of aliphatic hydroxyl groups excluding tert-OH is 1. The summed E-state index contributed by atoms with van der Waals surface area (Å²) in [5.41, 5.74) is 4.53. The van der Waals surface area contributed by atoms with E-state index in [9.17, 15) is 9.90 Å². The zero-order valence-electron chi connectivity index (χ0n) is 14.4. The molecule has 1 aliphatic rings. The first-order chi connectivity index (χ1) is 11.6. The number of nitrogens with one attached hydrogen (secondary N) is 1. The number of anilines is 2. The van der Waals surface area contributed by atoms with Gasteiger partial charge in [0.05, 0.1) is 24.2 Å². The van der Waals surface area contributed by atoms with Crippen LogP contribution < -0.4 is 10.2 Å². The second kappa shape index (κ2) is 6.65. The van der Waals surface area contributed by atoms with Gasteiger partial charge in [0, 0.05) is 18.3 Å². The van der Waals surface area contributed by atoms with Gasteiger partial charge in [-0.15, -0.1) is 0 Å². The quantitative estimate of drug-likeness (QED) is 0.905. The molecule has 0 saturated heterocycles. The van der Waals surface area contributed by atoms with Gasteiger partial charge in [0.2, 0.25) is 0 Å². The number of nitrogens with zero attached hydrogens (tertiary/aromatic N) is 3. The number of carbonyl (C=O) groups is 1. The summed E-state index contributed by atoms with van der Waals surface area (Å²) in [7, 11) is 0.